The monoisotopic (exact) mass is 275 g/mol. The van der Waals surface area contributed by atoms with Gasteiger partial charge in [0.05, 0.1) is 18.6 Å². The summed E-state index contributed by atoms with van der Waals surface area (Å²) in [5.41, 5.74) is 1.27. The van der Waals surface area contributed by atoms with Crippen molar-refractivity contribution >= 4 is 11.6 Å². The van der Waals surface area contributed by atoms with E-state index >= 15 is 0 Å². The number of amides is 1. The average molecular weight is 275 g/mol. The summed E-state index contributed by atoms with van der Waals surface area (Å²) < 4.78 is 10.8. The zero-order chi connectivity index (χ0) is 14.5. The van der Waals surface area contributed by atoms with Crippen molar-refractivity contribution in [3.63, 3.8) is 0 Å². The van der Waals surface area contributed by atoms with Crippen LogP contribution >= 0.6 is 0 Å². The molecule has 2 N–H and O–H groups in total. The lowest BCUT2D eigenvalue weighted by Crippen LogP contribution is -2.24. The number of anilines is 1. The Balaban J connectivity index is 2.37. The molecule has 0 aliphatic heterocycles. The second kappa shape index (κ2) is 6.25. The van der Waals surface area contributed by atoms with Crippen LogP contribution in [-0.2, 0) is 4.79 Å². The van der Waals surface area contributed by atoms with E-state index in [0.29, 0.717) is 29.4 Å². The lowest BCUT2D eigenvalue weighted by Gasteiger charge is -2.13. The van der Waals surface area contributed by atoms with Crippen LogP contribution in [-0.4, -0.2) is 23.7 Å². The quantitative estimate of drug-likeness (QED) is 0.880. The molecule has 0 radical (unpaired) electrons. The SMILES string of the molecule is CCOc1ccc(NC(=O)C(C)O)c(-c2ccco2)c1. The van der Waals surface area contributed by atoms with Crippen molar-refractivity contribution in [1.29, 1.82) is 0 Å². The molecule has 106 valence electrons. The van der Waals surface area contributed by atoms with Gasteiger partial charge in [0.2, 0.25) is 0 Å². The molecule has 0 aliphatic carbocycles. The number of furan rings is 1. The van der Waals surface area contributed by atoms with Gasteiger partial charge in [0.1, 0.15) is 17.6 Å². The van der Waals surface area contributed by atoms with Crippen molar-refractivity contribution in [3.8, 4) is 17.1 Å². The van der Waals surface area contributed by atoms with Crippen molar-refractivity contribution in [2.75, 3.05) is 11.9 Å². The minimum Gasteiger partial charge on any atom is -0.494 e. The van der Waals surface area contributed by atoms with E-state index in [1.54, 1.807) is 36.6 Å². The molecule has 1 aromatic heterocycles. The minimum atomic E-state index is -1.08. The fourth-order valence-corrected chi connectivity index (χ4v) is 1.76. The van der Waals surface area contributed by atoms with Gasteiger partial charge in [0.25, 0.3) is 5.91 Å². The average Bonchev–Trinajstić information content (AvgIpc) is 2.94. The van der Waals surface area contributed by atoms with Gasteiger partial charge in [0.15, 0.2) is 0 Å². The molecule has 5 heteroatoms. The summed E-state index contributed by atoms with van der Waals surface area (Å²) in [6.45, 7) is 3.86. The van der Waals surface area contributed by atoms with Gasteiger partial charge in [-0.15, -0.1) is 0 Å². The van der Waals surface area contributed by atoms with Crippen molar-refractivity contribution in [2.24, 2.45) is 0 Å². The number of aliphatic hydroxyl groups is 1. The predicted molar refractivity (Wildman–Crippen MR) is 75.6 cm³/mol. The Bertz CT molecular complexity index is 576. The third kappa shape index (κ3) is 3.19. The first-order valence-corrected chi connectivity index (χ1v) is 6.41. The van der Waals surface area contributed by atoms with E-state index in [9.17, 15) is 9.90 Å². The van der Waals surface area contributed by atoms with Crippen LogP contribution in [0.25, 0.3) is 11.3 Å². The molecule has 5 nitrogen and oxygen atoms in total. The molecule has 0 saturated heterocycles. The van der Waals surface area contributed by atoms with E-state index in [-0.39, 0.29) is 0 Å². The highest BCUT2D eigenvalue weighted by Crippen LogP contribution is 2.32. The Labute approximate surface area is 117 Å². The zero-order valence-electron chi connectivity index (χ0n) is 11.4. The number of carbonyl (C=O) groups excluding carboxylic acids is 1. The van der Waals surface area contributed by atoms with Gasteiger partial charge in [-0.25, -0.2) is 0 Å². The van der Waals surface area contributed by atoms with E-state index in [1.165, 1.54) is 6.92 Å². The number of rotatable bonds is 5. The molecule has 2 rings (SSSR count). The Hall–Kier alpha value is -2.27. The van der Waals surface area contributed by atoms with Crippen LogP contribution in [0.3, 0.4) is 0 Å². The Morgan fingerprint density at radius 2 is 2.25 bits per heavy atom. The maximum atomic E-state index is 11.6. The molecular weight excluding hydrogens is 258 g/mol. The van der Waals surface area contributed by atoms with Crippen LogP contribution in [0, 0.1) is 0 Å². The summed E-state index contributed by atoms with van der Waals surface area (Å²) in [5.74, 6) is 0.836. The normalized spacial score (nSPS) is 11.9. The maximum absolute atomic E-state index is 11.6. The second-order valence-corrected chi connectivity index (χ2v) is 4.28. The number of hydrogen-bond donors (Lipinski definition) is 2. The summed E-state index contributed by atoms with van der Waals surface area (Å²) in [6.07, 6.45) is 0.481. The molecular formula is C15H17NO4. The molecule has 1 heterocycles. The van der Waals surface area contributed by atoms with E-state index in [2.05, 4.69) is 5.32 Å². The molecule has 2 aromatic rings. The molecule has 0 fully saturated rings. The molecule has 0 saturated carbocycles. The van der Waals surface area contributed by atoms with E-state index in [4.69, 9.17) is 9.15 Å². The molecule has 1 unspecified atom stereocenters. The van der Waals surface area contributed by atoms with Gasteiger partial charge in [-0.05, 0) is 44.2 Å². The standard InChI is InChI=1S/C15H17NO4/c1-3-19-11-6-7-13(16-15(18)10(2)17)12(9-11)14-5-4-8-20-14/h4-10,17H,3H2,1-2H3,(H,16,18). The Morgan fingerprint density at radius 1 is 1.45 bits per heavy atom. The first-order chi connectivity index (χ1) is 9.61. The summed E-state index contributed by atoms with van der Waals surface area (Å²) >= 11 is 0. The third-order valence-corrected chi connectivity index (χ3v) is 2.73. The molecule has 1 amide bonds. The predicted octanol–water partition coefficient (Wildman–Crippen LogP) is 2.66. The number of nitrogens with one attached hydrogen (secondary N) is 1. The molecule has 0 bridgehead atoms. The fourth-order valence-electron chi connectivity index (χ4n) is 1.76. The summed E-state index contributed by atoms with van der Waals surface area (Å²) in [7, 11) is 0. The number of hydrogen-bond acceptors (Lipinski definition) is 4. The Kier molecular flexibility index (Phi) is 4.42. The lowest BCUT2D eigenvalue weighted by molar-refractivity contribution is -0.123. The van der Waals surface area contributed by atoms with E-state index in [0.717, 1.165) is 0 Å². The summed E-state index contributed by atoms with van der Waals surface area (Å²) in [6, 6.07) is 8.84. The molecule has 1 atom stereocenters. The fraction of sp³-hybridized carbons (Fsp3) is 0.267. The summed E-state index contributed by atoms with van der Waals surface area (Å²) in [5, 5.41) is 11.9. The van der Waals surface area contributed by atoms with Gasteiger partial charge in [-0.1, -0.05) is 0 Å². The molecule has 1 aromatic carbocycles. The smallest absolute Gasteiger partial charge is 0.252 e. The summed E-state index contributed by atoms with van der Waals surface area (Å²) in [4.78, 5) is 11.6. The van der Waals surface area contributed by atoms with Crippen LogP contribution in [0.15, 0.2) is 41.0 Å². The van der Waals surface area contributed by atoms with Gasteiger partial charge in [-0.3, -0.25) is 4.79 Å². The van der Waals surface area contributed by atoms with Gasteiger partial charge < -0.3 is 19.6 Å². The van der Waals surface area contributed by atoms with Crippen molar-refractivity contribution < 1.29 is 19.1 Å². The first-order valence-electron chi connectivity index (χ1n) is 6.41. The number of aliphatic hydroxyl groups excluding tert-OH is 1. The zero-order valence-corrected chi connectivity index (χ0v) is 11.4. The maximum Gasteiger partial charge on any atom is 0.252 e. The highest BCUT2D eigenvalue weighted by atomic mass is 16.5. The van der Waals surface area contributed by atoms with E-state index in [1.807, 2.05) is 6.92 Å². The molecule has 0 spiro atoms. The highest BCUT2D eigenvalue weighted by molar-refractivity contribution is 5.97. The van der Waals surface area contributed by atoms with Crippen LogP contribution in [0.2, 0.25) is 0 Å². The van der Waals surface area contributed by atoms with Crippen molar-refractivity contribution in [2.45, 2.75) is 20.0 Å². The topological polar surface area (TPSA) is 71.7 Å². The van der Waals surface area contributed by atoms with Crippen LogP contribution < -0.4 is 10.1 Å². The molecule has 20 heavy (non-hydrogen) atoms. The first kappa shape index (κ1) is 14.1. The van der Waals surface area contributed by atoms with Crippen LogP contribution in [0.4, 0.5) is 5.69 Å². The van der Waals surface area contributed by atoms with Gasteiger partial charge in [0, 0.05) is 5.56 Å². The van der Waals surface area contributed by atoms with Gasteiger partial charge >= 0.3 is 0 Å². The van der Waals surface area contributed by atoms with E-state index < -0.39 is 12.0 Å². The van der Waals surface area contributed by atoms with Crippen molar-refractivity contribution in [3.05, 3.63) is 36.6 Å². The molecule has 0 aliphatic rings. The largest absolute Gasteiger partial charge is 0.494 e. The Morgan fingerprint density at radius 3 is 2.85 bits per heavy atom. The highest BCUT2D eigenvalue weighted by Gasteiger charge is 2.14. The van der Waals surface area contributed by atoms with Crippen molar-refractivity contribution in [1.82, 2.24) is 0 Å². The lowest BCUT2D eigenvalue weighted by atomic mass is 10.1. The number of ether oxygens (including phenoxy) is 1. The van der Waals surface area contributed by atoms with Crippen LogP contribution in [0.1, 0.15) is 13.8 Å². The number of carbonyl (C=O) groups is 1. The number of benzene rings is 1. The van der Waals surface area contributed by atoms with Gasteiger partial charge in [-0.2, -0.15) is 0 Å². The third-order valence-electron chi connectivity index (χ3n) is 2.73. The van der Waals surface area contributed by atoms with Crippen LogP contribution in [0.5, 0.6) is 5.75 Å². The minimum absolute atomic E-state index is 0.470. The second-order valence-electron chi connectivity index (χ2n) is 4.28.